The molecule has 0 saturated heterocycles. The molecule has 0 rings (SSSR count). The van der Waals surface area contributed by atoms with E-state index in [2.05, 4.69) is 62.5 Å². The van der Waals surface area contributed by atoms with Crippen LogP contribution in [0.1, 0.15) is 149 Å². The molecule has 0 heterocycles. The van der Waals surface area contributed by atoms with E-state index in [0.717, 1.165) is 57.8 Å². The van der Waals surface area contributed by atoms with E-state index >= 15 is 0 Å². The van der Waals surface area contributed by atoms with Gasteiger partial charge in [0.15, 0.2) is 6.10 Å². The highest BCUT2D eigenvalue weighted by Crippen LogP contribution is 2.43. The van der Waals surface area contributed by atoms with Gasteiger partial charge in [-0.25, -0.2) is 4.57 Å². The molecule has 0 saturated carbocycles. The minimum Gasteiger partial charge on any atom is -0.462 e. The summed E-state index contributed by atoms with van der Waals surface area (Å²) < 4.78 is 34.1. The van der Waals surface area contributed by atoms with E-state index in [-0.39, 0.29) is 26.1 Å². The van der Waals surface area contributed by atoms with Crippen LogP contribution in [0, 0.1) is 0 Å². The molecule has 0 fully saturated rings. The Bertz CT molecular complexity index is 1020. The third kappa shape index (κ3) is 37.5. The fourth-order valence-electron chi connectivity index (χ4n) is 4.94. The summed E-state index contributed by atoms with van der Waals surface area (Å²) in [5.74, 6) is -0.843. The van der Waals surface area contributed by atoms with Crippen molar-refractivity contribution in [3.63, 3.8) is 0 Å². The number of phosphoric acid groups is 1. The molecule has 0 spiro atoms. The van der Waals surface area contributed by atoms with Crippen LogP contribution in [0.4, 0.5) is 0 Å². The second-order valence-corrected chi connectivity index (χ2v) is 15.8. The van der Waals surface area contributed by atoms with Gasteiger partial charge in [0, 0.05) is 12.8 Å². The zero-order valence-corrected chi connectivity index (χ0v) is 34.0. The number of hydrogen-bond acceptors (Lipinski definition) is 7. The first-order chi connectivity index (χ1) is 24.5. The molecular weight excluding hydrogens is 665 g/mol. The van der Waals surface area contributed by atoms with Gasteiger partial charge in [-0.15, -0.1) is 0 Å². The van der Waals surface area contributed by atoms with E-state index in [4.69, 9.17) is 18.5 Å². The summed E-state index contributed by atoms with van der Waals surface area (Å²) in [6.07, 6.45) is 37.4. The van der Waals surface area contributed by atoms with Crippen LogP contribution in [0.15, 0.2) is 48.6 Å². The molecule has 1 N–H and O–H groups in total. The van der Waals surface area contributed by atoms with Crippen molar-refractivity contribution in [3.8, 4) is 0 Å². The number of unbranched alkanes of at least 4 members (excludes halogenated alkanes) is 13. The van der Waals surface area contributed by atoms with Gasteiger partial charge < -0.3 is 18.9 Å². The first-order valence-corrected chi connectivity index (χ1v) is 21.4. The summed E-state index contributed by atoms with van der Waals surface area (Å²) in [5, 5.41) is 0. The minimum atomic E-state index is -4.37. The lowest BCUT2D eigenvalue weighted by Crippen LogP contribution is -2.37. The number of quaternary nitrogens is 1. The Hall–Kier alpha value is -2.03. The number of nitrogens with zero attached hydrogens (tertiary/aromatic N) is 1. The van der Waals surface area contributed by atoms with Gasteiger partial charge in [-0.2, -0.15) is 0 Å². The van der Waals surface area contributed by atoms with Gasteiger partial charge >= 0.3 is 19.8 Å². The third-order valence-electron chi connectivity index (χ3n) is 8.11. The van der Waals surface area contributed by atoms with Crippen LogP contribution in [0.5, 0.6) is 0 Å². The van der Waals surface area contributed by atoms with Crippen LogP contribution in [-0.4, -0.2) is 74.9 Å². The van der Waals surface area contributed by atoms with E-state index in [0.29, 0.717) is 23.9 Å². The molecule has 0 aromatic heterocycles. The van der Waals surface area contributed by atoms with Gasteiger partial charge in [-0.05, 0) is 57.8 Å². The quantitative estimate of drug-likeness (QED) is 0.0225. The van der Waals surface area contributed by atoms with Crippen molar-refractivity contribution in [1.82, 2.24) is 0 Å². The monoisotopic (exact) mass is 741 g/mol. The molecule has 0 aliphatic carbocycles. The standard InChI is InChI=1S/C41H74NO8P/c1-6-8-10-12-14-16-17-18-19-20-21-22-23-24-25-26-28-29-31-33-40(43)47-37-39(38-49-51(45,46)48-36-35-42(3,4)5)50-41(44)34-32-30-27-15-13-11-9-7-2/h14,16,18-19,21-22,24-25,39H,6-13,15,17,20,23,26-38H2,1-5H3/p+1/b16-14+,19-18+,22-21+,25-24+/t39-/m0/s1. The second kappa shape index (κ2) is 33.8. The summed E-state index contributed by atoms with van der Waals surface area (Å²) in [7, 11) is 1.45. The number of ether oxygens (including phenoxy) is 2. The Kier molecular flexibility index (Phi) is 32.4. The Morgan fingerprint density at radius 3 is 1.61 bits per heavy atom. The number of esters is 2. The fourth-order valence-corrected chi connectivity index (χ4v) is 5.68. The number of hydrogen-bond donors (Lipinski definition) is 1. The molecule has 0 radical (unpaired) electrons. The van der Waals surface area contributed by atoms with Crippen molar-refractivity contribution < 1.29 is 42.1 Å². The highest BCUT2D eigenvalue weighted by Gasteiger charge is 2.27. The van der Waals surface area contributed by atoms with Crippen molar-refractivity contribution in [2.45, 2.75) is 155 Å². The molecule has 1 unspecified atom stereocenters. The maximum absolute atomic E-state index is 12.5. The molecule has 0 bridgehead atoms. The summed E-state index contributed by atoms with van der Waals surface area (Å²) in [4.78, 5) is 35.1. The molecule has 0 aromatic rings. The van der Waals surface area contributed by atoms with Crippen LogP contribution in [0.3, 0.4) is 0 Å². The van der Waals surface area contributed by atoms with E-state index in [1.54, 1.807) is 0 Å². The number of rotatable bonds is 35. The zero-order valence-electron chi connectivity index (χ0n) is 33.1. The highest BCUT2D eigenvalue weighted by molar-refractivity contribution is 7.47. The maximum atomic E-state index is 12.5. The third-order valence-corrected chi connectivity index (χ3v) is 9.10. The van der Waals surface area contributed by atoms with E-state index < -0.39 is 32.5 Å². The summed E-state index contributed by atoms with van der Waals surface area (Å²) in [6, 6.07) is 0. The molecule has 2 atom stereocenters. The van der Waals surface area contributed by atoms with Crippen molar-refractivity contribution in [2.24, 2.45) is 0 Å². The van der Waals surface area contributed by atoms with Crippen LogP contribution in [-0.2, 0) is 32.7 Å². The highest BCUT2D eigenvalue weighted by atomic mass is 31.2. The van der Waals surface area contributed by atoms with Gasteiger partial charge in [-0.1, -0.05) is 127 Å². The van der Waals surface area contributed by atoms with Gasteiger partial charge in [0.25, 0.3) is 0 Å². The van der Waals surface area contributed by atoms with Gasteiger partial charge in [0.2, 0.25) is 0 Å². The topological polar surface area (TPSA) is 108 Å². The van der Waals surface area contributed by atoms with Gasteiger partial charge in [-0.3, -0.25) is 18.6 Å². The van der Waals surface area contributed by atoms with Crippen LogP contribution in [0.2, 0.25) is 0 Å². The van der Waals surface area contributed by atoms with Crippen LogP contribution < -0.4 is 0 Å². The Balaban J connectivity index is 4.40. The van der Waals surface area contributed by atoms with Crippen LogP contribution >= 0.6 is 7.82 Å². The number of phosphoric ester groups is 1. The van der Waals surface area contributed by atoms with Crippen molar-refractivity contribution in [3.05, 3.63) is 48.6 Å². The zero-order chi connectivity index (χ0) is 37.9. The molecule has 0 aliphatic rings. The SMILES string of the molecule is CCCCC/C=C/C/C=C/C/C=C/C/C=C/CCCCCC(=O)OC[C@@H](COP(=O)(O)OCC[N+](C)(C)C)OC(=O)CCCCCCCCCC. The molecule has 9 nitrogen and oxygen atoms in total. The molecule has 0 aromatic carbocycles. The Labute approximate surface area is 312 Å². The normalized spacial score (nSPS) is 14.2. The van der Waals surface area contributed by atoms with Crippen molar-refractivity contribution >= 4 is 19.8 Å². The Morgan fingerprint density at radius 2 is 1.06 bits per heavy atom. The largest absolute Gasteiger partial charge is 0.472 e. The average Bonchev–Trinajstić information content (AvgIpc) is 3.07. The lowest BCUT2D eigenvalue weighted by atomic mass is 10.1. The number of likely N-dealkylation sites (N-methyl/N-ethyl adjacent to an activating group) is 1. The summed E-state index contributed by atoms with van der Waals surface area (Å²) in [5.41, 5.74) is 0. The Morgan fingerprint density at radius 1 is 0.608 bits per heavy atom. The summed E-state index contributed by atoms with van der Waals surface area (Å²) >= 11 is 0. The van der Waals surface area contributed by atoms with Crippen LogP contribution in [0.25, 0.3) is 0 Å². The van der Waals surface area contributed by atoms with Gasteiger partial charge in [0.1, 0.15) is 19.8 Å². The van der Waals surface area contributed by atoms with E-state index in [1.165, 1.54) is 51.4 Å². The predicted molar refractivity (Wildman–Crippen MR) is 210 cm³/mol. The maximum Gasteiger partial charge on any atom is 0.472 e. The average molecular weight is 741 g/mol. The molecule has 0 aliphatic heterocycles. The molecule has 0 amide bonds. The first kappa shape index (κ1) is 49.0. The second-order valence-electron chi connectivity index (χ2n) is 14.3. The molecule has 10 heteroatoms. The summed E-state index contributed by atoms with van der Waals surface area (Å²) in [6.45, 7) is 4.30. The smallest absolute Gasteiger partial charge is 0.462 e. The lowest BCUT2D eigenvalue weighted by molar-refractivity contribution is -0.870. The van der Waals surface area contributed by atoms with Crippen molar-refractivity contribution in [2.75, 3.05) is 47.5 Å². The first-order valence-electron chi connectivity index (χ1n) is 19.9. The van der Waals surface area contributed by atoms with E-state index in [9.17, 15) is 19.0 Å². The number of allylic oxidation sites excluding steroid dienone is 8. The minimum absolute atomic E-state index is 0.0254. The molecule has 51 heavy (non-hydrogen) atoms. The van der Waals surface area contributed by atoms with Gasteiger partial charge in [0.05, 0.1) is 27.7 Å². The number of carbonyl (C=O) groups is 2. The fraction of sp³-hybridized carbons (Fsp3) is 0.756. The van der Waals surface area contributed by atoms with E-state index in [1.807, 2.05) is 21.1 Å². The van der Waals surface area contributed by atoms with Crippen molar-refractivity contribution in [1.29, 1.82) is 0 Å². The predicted octanol–water partition coefficient (Wildman–Crippen LogP) is 10.7. The molecule has 296 valence electrons. The molecular formula is C41H75NO8P+. The number of carbonyl (C=O) groups excluding carboxylic acids is 2. The lowest BCUT2D eigenvalue weighted by Gasteiger charge is -2.24.